The lowest BCUT2D eigenvalue weighted by molar-refractivity contribution is -0.123. The number of Topliss-reactive ketones (excluding diaryl/α,β-unsaturated/α-hetero) is 1. The van der Waals surface area contributed by atoms with E-state index in [2.05, 4.69) is 5.32 Å². The monoisotopic (exact) mass is 342 g/mol. The summed E-state index contributed by atoms with van der Waals surface area (Å²) in [7, 11) is 0. The zero-order valence-electron chi connectivity index (χ0n) is 13.2. The summed E-state index contributed by atoms with van der Waals surface area (Å²) in [5, 5.41) is 3.73. The Hall–Kier alpha value is -2.17. The molecule has 3 rings (SSSR count). The van der Waals surface area contributed by atoms with Gasteiger partial charge in [0.15, 0.2) is 5.78 Å². The van der Waals surface area contributed by atoms with E-state index in [0.29, 0.717) is 23.6 Å². The van der Waals surface area contributed by atoms with Gasteiger partial charge < -0.3 is 11.1 Å². The van der Waals surface area contributed by atoms with Crippen LogP contribution in [0.15, 0.2) is 48.5 Å². The number of primary amides is 1. The van der Waals surface area contributed by atoms with Crippen molar-refractivity contribution in [3.05, 3.63) is 59.1 Å². The van der Waals surface area contributed by atoms with E-state index in [1.807, 2.05) is 36.4 Å². The van der Waals surface area contributed by atoms with E-state index in [-0.39, 0.29) is 12.2 Å². The van der Waals surface area contributed by atoms with Gasteiger partial charge in [-0.3, -0.25) is 9.59 Å². The van der Waals surface area contributed by atoms with Crippen molar-refractivity contribution < 1.29 is 9.59 Å². The van der Waals surface area contributed by atoms with E-state index in [4.69, 9.17) is 17.3 Å². The number of carbonyl (C=O) groups is 2. The number of nitrogens with one attached hydrogen (secondary N) is 1. The summed E-state index contributed by atoms with van der Waals surface area (Å²) in [5.41, 5.74) is 6.88. The standard InChI is InChI=1S/C19H19ClN2O2/c20-14-6-3-5-13(11-14)15-7-1-2-8-16(15)17(23)12-19(18(21)24)9-4-10-22-19/h1-3,5-8,11,22H,4,9-10,12H2,(H2,21,24). The topological polar surface area (TPSA) is 72.2 Å². The number of ketones is 1. The van der Waals surface area contributed by atoms with Crippen LogP contribution in [0.2, 0.25) is 5.02 Å². The number of hydrogen-bond acceptors (Lipinski definition) is 3. The first-order chi connectivity index (χ1) is 11.5. The van der Waals surface area contributed by atoms with Crippen LogP contribution in [0.3, 0.4) is 0 Å². The van der Waals surface area contributed by atoms with Crippen molar-refractivity contribution in [3.63, 3.8) is 0 Å². The number of rotatable bonds is 5. The van der Waals surface area contributed by atoms with E-state index < -0.39 is 11.4 Å². The SMILES string of the molecule is NC(=O)C1(CC(=O)c2ccccc2-c2cccc(Cl)c2)CCCN1. The van der Waals surface area contributed by atoms with Gasteiger partial charge in [0.25, 0.3) is 0 Å². The molecule has 0 aliphatic carbocycles. The van der Waals surface area contributed by atoms with Gasteiger partial charge >= 0.3 is 0 Å². The Bertz CT molecular complexity index is 782. The zero-order valence-corrected chi connectivity index (χ0v) is 14.0. The number of carbonyl (C=O) groups excluding carboxylic acids is 2. The molecule has 1 unspecified atom stereocenters. The van der Waals surface area contributed by atoms with Crippen molar-refractivity contribution in [1.29, 1.82) is 0 Å². The molecule has 0 spiro atoms. The predicted octanol–water partition coefficient (Wildman–Crippen LogP) is 3.19. The van der Waals surface area contributed by atoms with Crippen LogP contribution in [0.4, 0.5) is 0 Å². The third-order valence-electron chi connectivity index (χ3n) is 4.54. The molecule has 1 fully saturated rings. The van der Waals surface area contributed by atoms with Gasteiger partial charge in [-0.1, -0.05) is 48.0 Å². The molecule has 1 aliphatic heterocycles. The van der Waals surface area contributed by atoms with Gasteiger partial charge in [-0.25, -0.2) is 0 Å². The molecular weight excluding hydrogens is 324 g/mol. The summed E-state index contributed by atoms with van der Waals surface area (Å²) < 4.78 is 0. The van der Waals surface area contributed by atoms with Gasteiger partial charge in [-0.2, -0.15) is 0 Å². The predicted molar refractivity (Wildman–Crippen MR) is 95.0 cm³/mol. The molecule has 1 heterocycles. The summed E-state index contributed by atoms with van der Waals surface area (Å²) >= 11 is 6.07. The number of halogens is 1. The molecule has 3 N–H and O–H groups in total. The lowest BCUT2D eigenvalue weighted by Crippen LogP contribution is -2.52. The van der Waals surface area contributed by atoms with Gasteiger partial charge in [-0.15, -0.1) is 0 Å². The lowest BCUT2D eigenvalue weighted by Gasteiger charge is -2.25. The van der Waals surface area contributed by atoms with Crippen LogP contribution in [0, 0.1) is 0 Å². The summed E-state index contributed by atoms with van der Waals surface area (Å²) in [6.45, 7) is 0.701. The van der Waals surface area contributed by atoms with E-state index in [1.54, 1.807) is 12.1 Å². The fraction of sp³-hybridized carbons (Fsp3) is 0.263. The average Bonchev–Trinajstić information content (AvgIpc) is 3.05. The Morgan fingerprint density at radius 1 is 1.17 bits per heavy atom. The van der Waals surface area contributed by atoms with Crippen LogP contribution < -0.4 is 11.1 Å². The fourth-order valence-corrected chi connectivity index (χ4v) is 3.45. The minimum atomic E-state index is -0.932. The van der Waals surface area contributed by atoms with E-state index >= 15 is 0 Å². The molecule has 1 saturated heterocycles. The minimum absolute atomic E-state index is 0.0694. The van der Waals surface area contributed by atoms with Crippen molar-refractivity contribution in [1.82, 2.24) is 5.32 Å². The first-order valence-electron chi connectivity index (χ1n) is 7.95. The van der Waals surface area contributed by atoms with Crippen LogP contribution in [-0.2, 0) is 4.79 Å². The molecular formula is C19H19ClN2O2. The highest BCUT2D eigenvalue weighted by Crippen LogP contribution is 2.30. The fourth-order valence-electron chi connectivity index (χ4n) is 3.26. The van der Waals surface area contributed by atoms with Crippen molar-refractivity contribution >= 4 is 23.3 Å². The summed E-state index contributed by atoms with van der Waals surface area (Å²) in [6, 6.07) is 14.7. The maximum Gasteiger partial charge on any atom is 0.238 e. The molecule has 2 aromatic rings. The number of benzene rings is 2. The molecule has 0 radical (unpaired) electrons. The van der Waals surface area contributed by atoms with Crippen molar-refractivity contribution in [2.45, 2.75) is 24.8 Å². The zero-order chi connectivity index (χ0) is 17.2. The largest absolute Gasteiger partial charge is 0.368 e. The Labute approximate surface area is 146 Å². The van der Waals surface area contributed by atoms with E-state index in [9.17, 15) is 9.59 Å². The number of nitrogens with two attached hydrogens (primary N) is 1. The smallest absolute Gasteiger partial charge is 0.238 e. The molecule has 1 aliphatic rings. The molecule has 0 bridgehead atoms. The second kappa shape index (κ2) is 6.75. The van der Waals surface area contributed by atoms with Gasteiger partial charge in [0.1, 0.15) is 5.54 Å². The summed E-state index contributed by atoms with van der Waals surface area (Å²) in [5.74, 6) is -0.563. The molecule has 4 nitrogen and oxygen atoms in total. The third-order valence-corrected chi connectivity index (χ3v) is 4.78. The van der Waals surface area contributed by atoms with Gasteiger partial charge in [-0.05, 0) is 42.6 Å². The summed E-state index contributed by atoms with van der Waals surface area (Å²) in [6.07, 6.45) is 1.50. The normalized spacial score (nSPS) is 20.0. The molecule has 5 heteroatoms. The van der Waals surface area contributed by atoms with Crippen LogP contribution in [0.5, 0.6) is 0 Å². The molecule has 1 atom stereocenters. The maximum absolute atomic E-state index is 12.9. The molecule has 24 heavy (non-hydrogen) atoms. The van der Waals surface area contributed by atoms with Gasteiger partial charge in [0.05, 0.1) is 0 Å². The minimum Gasteiger partial charge on any atom is -0.368 e. The van der Waals surface area contributed by atoms with Crippen molar-refractivity contribution in [2.24, 2.45) is 5.73 Å². The Morgan fingerprint density at radius 3 is 2.62 bits per heavy atom. The van der Waals surface area contributed by atoms with Gasteiger partial charge in [0.2, 0.25) is 5.91 Å². The first kappa shape index (κ1) is 16.7. The van der Waals surface area contributed by atoms with Crippen molar-refractivity contribution in [2.75, 3.05) is 6.54 Å². The molecule has 1 amide bonds. The van der Waals surface area contributed by atoms with E-state index in [1.165, 1.54) is 0 Å². The number of hydrogen-bond donors (Lipinski definition) is 2. The van der Waals surface area contributed by atoms with Gasteiger partial charge in [0, 0.05) is 17.0 Å². The maximum atomic E-state index is 12.9. The number of amides is 1. The Morgan fingerprint density at radius 2 is 1.96 bits per heavy atom. The Kier molecular flexibility index (Phi) is 4.69. The quantitative estimate of drug-likeness (QED) is 0.820. The van der Waals surface area contributed by atoms with Crippen LogP contribution in [0.1, 0.15) is 29.6 Å². The molecule has 0 aromatic heterocycles. The van der Waals surface area contributed by atoms with E-state index in [0.717, 1.165) is 17.5 Å². The van der Waals surface area contributed by atoms with Crippen molar-refractivity contribution in [3.8, 4) is 11.1 Å². The Balaban J connectivity index is 1.95. The molecule has 2 aromatic carbocycles. The first-order valence-corrected chi connectivity index (χ1v) is 8.33. The second-order valence-corrected chi connectivity index (χ2v) is 6.57. The molecule has 0 saturated carbocycles. The highest BCUT2D eigenvalue weighted by Gasteiger charge is 2.41. The summed E-state index contributed by atoms with van der Waals surface area (Å²) in [4.78, 5) is 24.8. The highest BCUT2D eigenvalue weighted by molar-refractivity contribution is 6.30. The molecule has 124 valence electrons. The lowest BCUT2D eigenvalue weighted by atomic mass is 9.86. The second-order valence-electron chi connectivity index (χ2n) is 6.13. The van der Waals surface area contributed by atoms with Crippen LogP contribution in [-0.4, -0.2) is 23.8 Å². The van der Waals surface area contributed by atoms with Crippen LogP contribution in [0.25, 0.3) is 11.1 Å². The third kappa shape index (κ3) is 3.21. The van der Waals surface area contributed by atoms with Crippen LogP contribution >= 0.6 is 11.6 Å². The highest BCUT2D eigenvalue weighted by atomic mass is 35.5. The average molecular weight is 343 g/mol.